The molecule has 82 valence electrons. The van der Waals surface area contributed by atoms with E-state index in [2.05, 4.69) is 0 Å². The zero-order valence-corrected chi connectivity index (χ0v) is 8.28. The van der Waals surface area contributed by atoms with Gasteiger partial charge in [0.05, 0.1) is 5.56 Å². The number of phenolic OH excluding ortho intramolecular Hbond substituents is 1. The van der Waals surface area contributed by atoms with Crippen molar-refractivity contribution in [1.29, 1.82) is 0 Å². The van der Waals surface area contributed by atoms with Crippen LogP contribution in [-0.2, 0) is 4.79 Å². The van der Waals surface area contributed by atoms with Crippen LogP contribution in [0, 0.1) is 0 Å². The molecular weight excluding hydrogens is 202 g/mol. The number of carbonyl (C=O) groups excluding carboxylic acids is 1. The maximum absolute atomic E-state index is 12.4. The van der Waals surface area contributed by atoms with Gasteiger partial charge in [0.2, 0.25) is 0 Å². The van der Waals surface area contributed by atoms with Gasteiger partial charge < -0.3 is 9.90 Å². The number of hydrogen-bond donors (Lipinski definition) is 1. The van der Waals surface area contributed by atoms with Crippen molar-refractivity contribution in [2.45, 2.75) is 25.7 Å². The van der Waals surface area contributed by atoms with Crippen LogP contribution in [0.5, 0.6) is 5.75 Å². The van der Waals surface area contributed by atoms with Crippen molar-refractivity contribution in [3.8, 4) is 5.75 Å². The standard InChI is InChI=1S/C11H12F2O2/c1-7(4-5-14)8-2-3-10(15)9(6-8)11(12)13/h2-3,5-7,11,15H,4H2,1H3. The van der Waals surface area contributed by atoms with Crippen LogP contribution in [0.25, 0.3) is 0 Å². The van der Waals surface area contributed by atoms with E-state index in [1.165, 1.54) is 12.1 Å². The Kier molecular flexibility index (Phi) is 3.77. The molecule has 1 atom stereocenters. The van der Waals surface area contributed by atoms with Gasteiger partial charge in [0, 0.05) is 6.42 Å². The minimum absolute atomic E-state index is 0.111. The van der Waals surface area contributed by atoms with E-state index in [9.17, 15) is 13.6 Å². The molecule has 0 fully saturated rings. The van der Waals surface area contributed by atoms with Crippen molar-refractivity contribution < 1.29 is 18.7 Å². The average Bonchev–Trinajstić information content (AvgIpc) is 2.18. The largest absolute Gasteiger partial charge is 0.507 e. The number of carbonyl (C=O) groups is 1. The zero-order chi connectivity index (χ0) is 11.4. The van der Waals surface area contributed by atoms with E-state index in [0.717, 1.165) is 6.29 Å². The van der Waals surface area contributed by atoms with Gasteiger partial charge in [0.25, 0.3) is 6.43 Å². The lowest BCUT2D eigenvalue weighted by Gasteiger charge is -2.11. The van der Waals surface area contributed by atoms with Crippen LogP contribution in [0.2, 0.25) is 0 Å². The fourth-order valence-corrected chi connectivity index (χ4v) is 1.33. The molecule has 1 aromatic rings. The molecule has 1 N–H and O–H groups in total. The Balaban J connectivity index is 3.01. The fourth-order valence-electron chi connectivity index (χ4n) is 1.33. The van der Waals surface area contributed by atoms with Gasteiger partial charge in [-0.3, -0.25) is 0 Å². The lowest BCUT2D eigenvalue weighted by Crippen LogP contribution is -1.96. The highest BCUT2D eigenvalue weighted by molar-refractivity contribution is 5.52. The van der Waals surface area contributed by atoms with E-state index in [-0.39, 0.29) is 17.9 Å². The van der Waals surface area contributed by atoms with Crippen LogP contribution >= 0.6 is 0 Å². The van der Waals surface area contributed by atoms with E-state index in [1.54, 1.807) is 13.0 Å². The highest BCUT2D eigenvalue weighted by Crippen LogP contribution is 2.31. The Bertz CT molecular complexity index is 350. The van der Waals surface area contributed by atoms with E-state index < -0.39 is 12.2 Å². The second-order valence-electron chi connectivity index (χ2n) is 3.42. The first-order chi connectivity index (χ1) is 7.06. The third-order valence-corrected chi connectivity index (χ3v) is 2.31. The van der Waals surface area contributed by atoms with Gasteiger partial charge in [-0.25, -0.2) is 8.78 Å². The quantitative estimate of drug-likeness (QED) is 0.782. The molecule has 15 heavy (non-hydrogen) atoms. The topological polar surface area (TPSA) is 37.3 Å². The summed E-state index contributed by atoms with van der Waals surface area (Å²) >= 11 is 0. The molecule has 0 aliphatic rings. The number of hydrogen-bond acceptors (Lipinski definition) is 2. The average molecular weight is 214 g/mol. The molecule has 1 unspecified atom stereocenters. The Morgan fingerprint density at radius 3 is 2.67 bits per heavy atom. The Labute approximate surface area is 86.5 Å². The summed E-state index contributed by atoms with van der Waals surface area (Å²) in [7, 11) is 0. The molecule has 0 radical (unpaired) electrons. The van der Waals surface area contributed by atoms with Crippen LogP contribution in [0.3, 0.4) is 0 Å². The molecule has 1 rings (SSSR count). The number of aldehydes is 1. The summed E-state index contributed by atoms with van der Waals surface area (Å²) in [5.41, 5.74) is 0.250. The lowest BCUT2D eigenvalue weighted by molar-refractivity contribution is -0.108. The first kappa shape index (κ1) is 11.6. The number of benzene rings is 1. The van der Waals surface area contributed by atoms with E-state index in [0.29, 0.717) is 5.56 Å². The number of rotatable bonds is 4. The molecule has 1 aromatic carbocycles. The molecule has 0 heterocycles. The van der Waals surface area contributed by atoms with Gasteiger partial charge in [0.15, 0.2) is 0 Å². The number of halogens is 2. The molecule has 0 spiro atoms. The van der Waals surface area contributed by atoms with Crippen molar-refractivity contribution in [3.05, 3.63) is 29.3 Å². The van der Waals surface area contributed by atoms with Crippen LogP contribution in [0.4, 0.5) is 8.78 Å². The normalized spacial score (nSPS) is 12.8. The summed E-state index contributed by atoms with van der Waals surface area (Å²) in [6, 6.07) is 4.03. The third kappa shape index (κ3) is 2.75. The predicted octanol–water partition coefficient (Wildman–Crippen LogP) is 3.02. The first-order valence-electron chi connectivity index (χ1n) is 4.60. The summed E-state index contributed by atoms with van der Waals surface area (Å²) in [6.07, 6.45) is -1.67. The van der Waals surface area contributed by atoms with Crippen molar-refractivity contribution in [2.24, 2.45) is 0 Å². The van der Waals surface area contributed by atoms with Crippen LogP contribution < -0.4 is 0 Å². The van der Waals surface area contributed by atoms with Gasteiger partial charge in [0.1, 0.15) is 12.0 Å². The van der Waals surface area contributed by atoms with Crippen molar-refractivity contribution in [2.75, 3.05) is 0 Å². The molecule has 0 amide bonds. The maximum Gasteiger partial charge on any atom is 0.267 e. The molecule has 2 nitrogen and oxygen atoms in total. The molecule has 0 saturated carbocycles. The minimum atomic E-state index is -2.70. The first-order valence-corrected chi connectivity index (χ1v) is 4.60. The highest BCUT2D eigenvalue weighted by Gasteiger charge is 2.15. The van der Waals surface area contributed by atoms with Gasteiger partial charge in [-0.2, -0.15) is 0 Å². The SMILES string of the molecule is CC(CC=O)c1ccc(O)c(C(F)F)c1. The molecule has 4 heteroatoms. The summed E-state index contributed by atoms with van der Waals surface area (Å²) in [5.74, 6) is -0.521. The summed E-state index contributed by atoms with van der Waals surface area (Å²) in [5, 5.41) is 9.17. The highest BCUT2D eigenvalue weighted by atomic mass is 19.3. The van der Waals surface area contributed by atoms with Crippen LogP contribution in [0.15, 0.2) is 18.2 Å². The smallest absolute Gasteiger partial charge is 0.267 e. The Morgan fingerprint density at radius 2 is 2.13 bits per heavy atom. The number of alkyl halides is 2. The zero-order valence-electron chi connectivity index (χ0n) is 8.28. The van der Waals surface area contributed by atoms with E-state index in [1.807, 2.05) is 0 Å². The Morgan fingerprint density at radius 1 is 1.47 bits per heavy atom. The van der Waals surface area contributed by atoms with Crippen molar-refractivity contribution >= 4 is 6.29 Å². The summed E-state index contributed by atoms with van der Waals surface area (Å²) < 4.78 is 24.9. The summed E-state index contributed by atoms with van der Waals surface area (Å²) in [6.45, 7) is 1.77. The fraction of sp³-hybridized carbons (Fsp3) is 0.364. The van der Waals surface area contributed by atoms with E-state index >= 15 is 0 Å². The lowest BCUT2D eigenvalue weighted by atomic mass is 9.96. The molecule has 0 bridgehead atoms. The summed E-state index contributed by atoms with van der Waals surface area (Å²) in [4.78, 5) is 10.3. The van der Waals surface area contributed by atoms with Gasteiger partial charge in [-0.15, -0.1) is 0 Å². The molecular formula is C11H12F2O2. The molecule has 0 aromatic heterocycles. The molecule has 0 aliphatic carbocycles. The Hall–Kier alpha value is -1.45. The third-order valence-electron chi connectivity index (χ3n) is 2.31. The van der Waals surface area contributed by atoms with Gasteiger partial charge in [-0.1, -0.05) is 13.0 Å². The number of phenols is 1. The van der Waals surface area contributed by atoms with Gasteiger partial charge >= 0.3 is 0 Å². The second kappa shape index (κ2) is 4.87. The maximum atomic E-state index is 12.4. The van der Waals surface area contributed by atoms with Crippen molar-refractivity contribution in [1.82, 2.24) is 0 Å². The molecule has 0 aliphatic heterocycles. The number of aromatic hydroxyl groups is 1. The minimum Gasteiger partial charge on any atom is -0.507 e. The van der Waals surface area contributed by atoms with Crippen molar-refractivity contribution in [3.63, 3.8) is 0 Å². The monoisotopic (exact) mass is 214 g/mol. The second-order valence-corrected chi connectivity index (χ2v) is 3.42. The van der Waals surface area contributed by atoms with E-state index in [4.69, 9.17) is 5.11 Å². The van der Waals surface area contributed by atoms with Crippen LogP contribution in [-0.4, -0.2) is 11.4 Å². The van der Waals surface area contributed by atoms with Gasteiger partial charge in [-0.05, 0) is 23.6 Å². The molecule has 0 saturated heterocycles. The van der Waals surface area contributed by atoms with Crippen LogP contribution in [0.1, 0.15) is 36.8 Å². The predicted molar refractivity (Wildman–Crippen MR) is 52.2 cm³/mol.